The second kappa shape index (κ2) is 5.48. The van der Waals surface area contributed by atoms with E-state index in [2.05, 4.69) is 13.8 Å². The molecule has 1 amide bonds. The molecule has 0 aromatic heterocycles. The van der Waals surface area contributed by atoms with Crippen LogP contribution in [0.15, 0.2) is 0 Å². The largest absolute Gasteiger partial charge is 0.340 e. The van der Waals surface area contributed by atoms with E-state index in [4.69, 9.17) is 0 Å². The molecule has 0 spiro atoms. The quantitative estimate of drug-likeness (QED) is 0.678. The summed E-state index contributed by atoms with van der Waals surface area (Å²) in [6.07, 6.45) is 3.33. The van der Waals surface area contributed by atoms with Crippen molar-refractivity contribution in [1.29, 1.82) is 0 Å². The Hall–Kier alpha value is -0.240. The van der Waals surface area contributed by atoms with Crippen LogP contribution in [-0.4, -0.2) is 23.4 Å². The average Bonchev–Trinajstić information content (AvgIpc) is 2.48. The second-order valence-electron chi connectivity index (χ2n) is 3.83. The maximum atomic E-state index is 11.7. The third-order valence-electron chi connectivity index (χ3n) is 2.87. The molecule has 78 valence electrons. The Morgan fingerprint density at radius 1 is 1.62 bits per heavy atom. The van der Waals surface area contributed by atoms with Crippen molar-refractivity contribution in [2.45, 2.75) is 46.1 Å². The molecule has 13 heavy (non-hydrogen) atoms. The van der Waals surface area contributed by atoms with Gasteiger partial charge in [-0.1, -0.05) is 13.8 Å². The summed E-state index contributed by atoms with van der Waals surface area (Å²) < 4.78 is 0. The molecule has 0 N–H and O–H groups in total. The molecule has 1 aliphatic heterocycles. The van der Waals surface area contributed by atoms with Crippen LogP contribution in [0.5, 0.6) is 0 Å². The van der Waals surface area contributed by atoms with Crippen LogP contribution < -0.4 is 0 Å². The lowest BCUT2D eigenvalue weighted by atomic mass is 10.1. The van der Waals surface area contributed by atoms with Crippen molar-refractivity contribution in [1.82, 2.24) is 4.90 Å². The summed E-state index contributed by atoms with van der Waals surface area (Å²) in [4.78, 5) is 13.7. The monoisotopic (exact) mass is 205 g/mol. The van der Waals surface area contributed by atoms with E-state index in [1.807, 2.05) is 11.8 Å². The lowest BCUT2D eigenvalue weighted by Gasteiger charge is -2.24. The molecule has 0 bridgehead atoms. The Kier molecular flexibility index (Phi) is 5.38. The summed E-state index contributed by atoms with van der Waals surface area (Å²) in [6, 6.07) is 0.478. The van der Waals surface area contributed by atoms with Crippen molar-refractivity contribution < 1.29 is 4.79 Å². The number of amides is 1. The molecule has 3 heteroatoms. The van der Waals surface area contributed by atoms with Gasteiger partial charge in [-0.05, 0) is 26.2 Å². The fraction of sp³-hybridized carbons (Fsp3) is 0.900. The summed E-state index contributed by atoms with van der Waals surface area (Å²) in [5, 5.41) is 0. The fourth-order valence-corrected chi connectivity index (χ4v) is 1.72. The Bertz CT molecular complexity index is 172. The van der Waals surface area contributed by atoms with Gasteiger partial charge >= 0.3 is 0 Å². The summed E-state index contributed by atoms with van der Waals surface area (Å²) in [5.41, 5.74) is 0. The minimum absolute atomic E-state index is 0. The van der Waals surface area contributed by atoms with Gasteiger partial charge in [-0.25, -0.2) is 0 Å². The third-order valence-corrected chi connectivity index (χ3v) is 2.87. The number of hydrogen-bond donors (Lipinski definition) is 0. The second-order valence-corrected chi connectivity index (χ2v) is 3.83. The van der Waals surface area contributed by atoms with Crippen LogP contribution in [-0.2, 0) is 4.79 Å². The summed E-state index contributed by atoms with van der Waals surface area (Å²) in [5.74, 6) is 0.563. The maximum Gasteiger partial charge on any atom is 0.225 e. The topological polar surface area (TPSA) is 20.3 Å². The minimum Gasteiger partial charge on any atom is -0.340 e. The SMILES string of the molecule is CCC(C)C(=O)N1CCCC1C.Cl. The zero-order chi connectivity index (χ0) is 9.14. The highest BCUT2D eigenvalue weighted by Crippen LogP contribution is 2.19. The molecule has 1 fully saturated rings. The molecule has 0 radical (unpaired) electrons. The summed E-state index contributed by atoms with van der Waals surface area (Å²) in [7, 11) is 0. The van der Waals surface area contributed by atoms with E-state index in [1.54, 1.807) is 0 Å². The van der Waals surface area contributed by atoms with Crippen molar-refractivity contribution in [2.75, 3.05) is 6.54 Å². The molecule has 1 heterocycles. The highest BCUT2D eigenvalue weighted by atomic mass is 35.5. The Morgan fingerprint density at radius 2 is 2.23 bits per heavy atom. The number of carbonyl (C=O) groups is 1. The standard InChI is InChI=1S/C10H19NO.ClH/c1-4-8(2)10(12)11-7-5-6-9(11)3;/h8-9H,4-7H2,1-3H3;1H. The predicted molar refractivity (Wildman–Crippen MR) is 57.1 cm³/mol. The summed E-state index contributed by atoms with van der Waals surface area (Å²) in [6.45, 7) is 7.22. The molecule has 2 nitrogen and oxygen atoms in total. The van der Waals surface area contributed by atoms with E-state index in [-0.39, 0.29) is 18.3 Å². The lowest BCUT2D eigenvalue weighted by molar-refractivity contribution is -0.135. The molecule has 1 aliphatic rings. The van der Waals surface area contributed by atoms with Crippen LogP contribution in [0.25, 0.3) is 0 Å². The molecule has 0 aliphatic carbocycles. The molecular formula is C10H20ClNO. The van der Waals surface area contributed by atoms with Crippen molar-refractivity contribution in [3.05, 3.63) is 0 Å². The van der Waals surface area contributed by atoms with E-state index in [1.165, 1.54) is 12.8 Å². The van der Waals surface area contributed by atoms with E-state index in [9.17, 15) is 4.79 Å². The predicted octanol–water partition coefficient (Wildman–Crippen LogP) is 2.47. The van der Waals surface area contributed by atoms with Gasteiger partial charge < -0.3 is 4.90 Å². The first-order valence-corrected chi connectivity index (χ1v) is 4.97. The molecule has 0 aromatic carbocycles. The number of likely N-dealkylation sites (tertiary alicyclic amines) is 1. The molecule has 1 rings (SSSR count). The zero-order valence-corrected chi connectivity index (χ0v) is 9.56. The molecule has 2 atom stereocenters. The smallest absolute Gasteiger partial charge is 0.225 e. The van der Waals surface area contributed by atoms with Gasteiger partial charge in [-0.15, -0.1) is 12.4 Å². The Balaban J connectivity index is 0.00000144. The van der Waals surface area contributed by atoms with Crippen LogP contribution in [0.2, 0.25) is 0 Å². The van der Waals surface area contributed by atoms with Gasteiger partial charge in [0.05, 0.1) is 0 Å². The number of rotatable bonds is 2. The van der Waals surface area contributed by atoms with E-state index in [0.717, 1.165) is 13.0 Å². The highest BCUT2D eigenvalue weighted by Gasteiger charge is 2.27. The molecule has 0 aromatic rings. The van der Waals surface area contributed by atoms with Gasteiger partial charge in [-0.2, -0.15) is 0 Å². The molecule has 0 saturated carbocycles. The summed E-state index contributed by atoms with van der Waals surface area (Å²) >= 11 is 0. The van der Waals surface area contributed by atoms with Crippen LogP contribution in [0.4, 0.5) is 0 Å². The Morgan fingerprint density at radius 3 is 2.62 bits per heavy atom. The number of nitrogens with zero attached hydrogens (tertiary/aromatic N) is 1. The number of carbonyl (C=O) groups excluding carboxylic acids is 1. The van der Waals surface area contributed by atoms with Crippen molar-refractivity contribution >= 4 is 18.3 Å². The first-order chi connectivity index (χ1) is 5.66. The molecular weight excluding hydrogens is 186 g/mol. The van der Waals surface area contributed by atoms with Crippen LogP contribution in [0, 0.1) is 5.92 Å². The average molecular weight is 206 g/mol. The van der Waals surface area contributed by atoms with Crippen LogP contribution in [0.1, 0.15) is 40.0 Å². The van der Waals surface area contributed by atoms with Crippen molar-refractivity contribution in [3.8, 4) is 0 Å². The minimum atomic E-state index is 0. The normalized spacial score (nSPS) is 23.9. The third kappa shape index (κ3) is 2.87. The van der Waals surface area contributed by atoms with Gasteiger partial charge in [0.15, 0.2) is 0 Å². The van der Waals surface area contributed by atoms with Gasteiger partial charge in [0.25, 0.3) is 0 Å². The van der Waals surface area contributed by atoms with E-state index in [0.29, 0.717) is 11.9 Å². The first kappa shape index (κ1) is 12.8. The van der Waals surface area contributed by atoms with E-state index >= 15 is 0 Å². The van der Waals surface area contributed by atoms with Crippen LogP contribution >= 0.6 is 12.4 Å². The van der Waals surface area contributed by atoms with E-state index < -0.39 is 0 Å². The Labute approximate surface area is 87.1 Å². The van der Waals surface area contributed by atoms with Gasteiger partial charge in [-0.3, -0.25) is 4.79 Å². The fourth-order valence-electron chi connectivity index (χ4n) is 1.72. The molecule has 2 unspecified atom stereocenters. The van der Waals surface area contributed by atoms with Crippen molar-refractivity contribution in [3.63, 3.8) is 0 Å². The van der Waals surface area contributed by atoms with Crippen molar-refractivity contribution in [2.24, 2.45) is 5.92 Å². The van der Waals surface area contributed by atoms with Gasteiger partial charge in [0, 0.05) is 18.5 Å². The van der Waals surface area contributed by atoms with Crippen LogP contribution in [0.3, 0.4) is 0 Å². The first-order valence-electron chi connectivity index (χ1n) is 4.97. The maximum absolute atomic E-state index is 11.7. The highest BCUT2D eigenvalue weighted by molar-refractivity contribution is 5.85. The number of halogens is 1. The number of hydrogen-bond acceptors (Lipinski definition) is 1. The molecule has 1 saturated heterocycles. The van der Waals surface area contributed by atoms with Gasteiger partial charge in [0.2, 0.25) is 5.91 Å². The zero-order valence-electron chi connectivity index (χ0n) is 8.75. The lowest BCUT2D eigenvalue weighted by Crippen LogP contribution is -2.37. The van der Waals surface area contributed by atoms with Gasteiger partial charge in [0.1, 0.15) is 0 Å².